The molecule has 7 heteroatoms. The van der Waals surface area contributed by atoms with Crippen molar-refractivity contribution >= 4 is 11.9 Å². The van der Waals surface area contributed by atoms with Gasteiger partial charge in [0.15, 0.2) is 0 Å². The Morgan fingerprint density at radius 3 is 1.94 bits per heavy atom. The summed E-state index contributed by atoms with van der Waals surface area (Å²) in [4.78, 5) is 30.3. The van der Waals surface area contributed by atoms with Crippen molar-refractivity contribution < 1.29 is 24.7 Å². The molecule has 0 aromatic heterocycles. The van der Waals surface area contributed by atoms with E-state index in [-0.39, 0.29) is 12.8 Å². The van der Waals surface area contributed by atoms with Crippen LogP contribution in [0.1, 0.15) is 51.4 Å². The van der Waals surface area contributed by atoms with Gasteiger partial charge in [-0.15, -0.1) is 0 Å². The molecule has 7 nitrogen and oxygen atoms in total. The molecule has 0 radical (unpaired) electrons. The quantitative estimate of drug-likeness (QED) is 0.333. The van der Waals surface area contributed by atoms with E-state index in [4.69, 9.17) is 10.2 Å². The molecule has 0 spiro atoms. The minimum absolute atomic E-state index is 0.0530. The monoisotopic (exact) mass is 261 g/mol. The lowest BCUT2D eigenvalue weighted by atomic mass is 10.1. The van der Waals surface area contributed by atoms with Crippen LogP contribution in [0.15, 0.2) is 0 Å². The van der Waals surface area contributed by atoms with E-state index in [1.807, 2.05) is 0 Å². The first-order valence-electron chi connectivity index (χ1n) is 6.03. The zero-order valence-electron chi connectivity index (χ0n) is 10.2. The van der Waals surface area contributed by atoms with Gasteiger partial charge in [0.05, 0.1) is 0 Å². The Labute approximate surface area is 105 Å². The van der Waals surface area contributed by atoms with Gasteiger partial charge in [-0.3, -0.25) is 14.9 Å². The molecule has 18 heavy (non-hydrogen) atoms. The maximum atomic E-state index is 10.5. The molecule has 0 amide bonds. The first-order valence-corrected chi connectivity index (χ1v) is 6.03. The van der Waals surface area contributed by atoms with Crippen molar-refractivity contribution in [3.63, 3.8) is 0 Å². The lowest BCUT2D eigenvalue weighted by Gasteiger charge is -2.04. The third kappa shape index (κ3) is 8.49. The molecule has 0 aliphatic heterocycles. The number of carbonyl (C=O) groups is 2. The van der Waals surface area contributed by atoms with Crippen LogP contribution < -0.4 is 0 Å². The average molecular weight is 261 g/mol. The zero-order chi connectivity index (χ0) is 14.0. The SMILES string of the molecule is O=C(O)CCCCCCCCC(C(=O)O)[N+](=O)[O-]. The highest BCUT2D eigenvalue weighted by molar-refractivity contribution is 5.71. The number of nitrogens with zero attached hydrogens (tertiary/aromatic N) is 1. The second kappa shape index (κ2) is 9.38. The summed E-state index contributed by atoms with van der Waals surface area (Å²) in [6.07, 6.45) is 4.67. The second-order valence-electron chi connectivity index (χ2n) is 4.19. The molecule has 0 rings (SSSR count). The lowest BCUT2D eigenvalue weighted by molar-refractivity contribution is -0.511. The van der Waals surface area contributed by atoms with Crippen LogP contribution in [0.5, 0.6) is 0 Å². The Hall–Kier alpha value is -1.66. The molecule has 0 aliphatic carbocycles. The Morgan fingerprint density at radius 1 is 1.00 bits per heavy atom. The highest BCUT2D eigenvalue weighted by Crippen LogP contribution is 2.11. The summed E-state index contributed by atoms with van der Waals surface area (Å²) >= 11 is 0. The van der Waals surface area contributed by atoms with Gasteiger partial charge in [-0.1, -0.05) is 25.7 Å². The van der Waals surface area contributed by atoms with Gasteiger partial charge in [0.2, 0.25) is 0 Å². The molecule has 0 saturated carbocycles. The summed E-state index contributed by atoms with van der Waals surface area (Å²) in [6.45, 7) is 0. The van der Waals surface area contributed by atoms with Crippen LogP contribution in [0.4, 0.5) is 0 Å². The van der Waals surface area contributed by atoms with Gasteiger partial charge in [-0.05, 0) is 12.8 Å². The number of hydrogen-bond acceptors (Lipinski definition) is 4. The largest absolute Gasteiger partial charge is 0.481 e. The third-order valence-corrected chi connectivity index (χ3v) is 2.66. The summed E-state index contributed by atoms with van der Waals surface area (Å²) in [5, 5.41) is 27.3. The van der Waals surface area contributed by atoms with Gasteiger partial charge in [-0.2, -0.15) is 0 Å². The summed E-state index contributed by atoms with van der Waals surface area (Å²) in [5.41, 5.74) is 0. The Balaban J connectivity index is 3.47. The molecule has 1 unspecified atom stereocenters. The maximum absolute atomic E-state index is 10.5. The van der Waals surface area contributed by atoms with E-state index in [1.165, 1.54) is 0 Å². The van der Waals surface area contributed by atoms with Gasteiger partial charge in [0.25, 0.3) is 0 Å². The highest BCUT2D eigenvalue weighted by atomic mass is 16.6. The standard InChI is InChI=1S/C11H19NO6/c13-10(14)8-6-4-2-1-3-5-7-9(11(15)16)12(17)18/h9H,1-8H2,(H,13,14)(H,15,16). The molecular formula is C11H19NO6. The van der Waals surface area contributed by atoms with Crippen LogP contribution in [-0.2, 0) is 9.59 Å². The first-order chi connectivity index (χ1) is 8.45. The molecule has 0 heterocycles. The number of aliphatic carboxylic acids is 2. The number of unbranched alkanes of at least 4 members (excludes halogenated alkanes) is 5. The molecular weight excluding hydrogens is 242 g/mol. The van der Waals surface area contributed by atoms with E-state index in [1.54, 1.807) is 0 Å². The summed E-state index contributed by atoms with van der Waals surface area (Å²) in [7, 11) is 0. The molecule has 0 fully saturated rings. The predicted octanol–water partition coefficient (Wildman–Crippen LogP) is 1.92. The van der Waals surface area contributed by atoms with Crippen molar-refractivity contribution in [2.75, 3.05) is 0 Å². The van der Waals surface area contributed by atoms with E-state index >= 15 is 0 Å². The lowest BCUT2D eigenvalue weighted by Crippen LogP contribution is -2.28. The molecule has 0 aromatic rings. The van der Waals surface area contributed by atoms with Crippen molar-refractivity contribution in [1.82, 2.24) is 0 Å². The van der Waals surface area contributed by atoms with Gasteiger partial charge in [0, 0.05) is 17.8 Å². The highest BCUT2D eigenvalue weighted by Gasteiger charge is 2.27. The van der Waals surface area contributed by atoms with Crippen LogP contribution >= 0.6 is 0 Å². The topological polar surface area (TPSA) is 118 Å². The number of carboxylic acid groups (broad SMARTS) is 2. The van der Waals surface area contributed by atoms with Gasteiger partial charge < -0.3 is 10.2 Å². The normalized spacial score (nSPS) is 12.0. The Kier molecular flexibility index (Phi) is 8.51. The zero-order valence-corrected chi connectivity index (χ0v) is 10.2. The second-order valence-corrected chi connectivity index (χ2v) is 4.19. The fraction of sp³-hybridized carbons (Fsp3) is 0.818. The molecule has 2 N–H and O–H groups in total. The Bertz CT molecular complexity index is 277. The fourth-order valence-corrected chi connectivity index (χ4v) is 1.64. The van der Waals surface area contributed by atoms with E-state index in [9.17, 15) is 19.7 Å². The number of nitro groups is 1. The number of carboxylic acids is 2. The number of hydrogen-bond donors (Lipinski definition) is 2. The summed E-state index contributed by atoms with van der Waals surface area (Å²) < 4.78 is 0. The minimum atomic E-state index is -1.50. The molecule has 0 aromatic carbocycles. The van der Waals surface area contributed by atoms with Gasteiger partial charge in [0.1, 0.15) is 0 Å². The molecule has 0 aliphatic rings. The molecule has 0 bridgehead atoms. The summed E-state index contributed by atoms with van der Waals surface area (Å²) in [6, 6.07) is -1.50. The minimum Gasteiger partial charge on any atom is -0.481 e. The van der Waals surface area contributed by atoms with Crippen molar-refractivity contribution in [3.05, 3.63) is 10.1 Å². The van der Waals surface area contributed by atoms with E-state index in [0.29, 0.717) is 12.8 Å². The third-order valence-electron chi connectivity index (χ3n) is 2.66. The molecule has 1 atom stereocenters. The van der Waals surface area contributed by atoms with Gasteiger partial charge in [-0.25, -0.2) is 4.79 Å². The number of rotatable bonds is 11. The maximum Gasteiger partial charge on any atom is 0.379 e. The van der Waals surface area contributed by atoms with Crippen molar-refractivity contribution in [2.45, 2.75) is 57.4 Å². The fourth-order valence-electron chi connectivity index (χ4n) is 1.64. The van der Waals surface area contributed by atoms with Crippen molar-refractivity contribution in [2.24, 2.45) is 0 Å². The van der Waals surface area contributed by atoms with Crippen LogP contribution in [0.2, 0.25) is 0 Å². The van der Waals surface area contributed by atoms with Crippen LogP contribution in [0, 0.1) is 10.1 Å². The van der Waals surface area contributed by atoms with E-state index < -0.39 is 22.9 Å². The predicted molar refractivity (Wildman–Crippen MR) is 63.0 cm³/mol. The average Bonchev–Trinajstić information content (AvgIpc) is 2.25. The van der Waals surface area contributed by atoms with E-state index in [2.05, 4.69) is 0 Å². The van der Waals surface area contributed by atoms with E-state index in [0.717, 1.165) is 25.7 Å². The molecule has 0 saturated heterocycles. The van der Waals surface area contributed by atoms with Crippen molar-refractivity contribution in [1.29, 1.82) is 0 Å². The first kappa shape index (κ1) is 16.3. The van der Waals surface area contributed by atoms with Crippen LogP contribution in [-0.4, -0.2) is 33.1 Å². The molecule has 104 valence electrons. The van der Waals surface area contributed by atoms with Gasteiger partial charge >= 0.3 is 18.0 Å². The summed E-state index contributed by atoms with van der Waals surface area (Å²) in [5.74, 6) is -2.19. The van der Waals surface area contributed by atoms with Crippen molar-refractivity contribution in [3.8, 4) is 0 Å². The van der Waals surface area contributed by atoms with Crippen LogP contribution in [0.25, 0.3) is 0 Å². The van der Waals surface area contributed by atoms with Crippen LogP contribution in [0.3, 0.4) is 0 Å². The smallest absolute Gasteiger partial charge is 0.379 e. The Morgan fingerprint density at radius 2 is 1.50 bits per heavy atom.